The first-order valence-corrected chi connectivity index (χ1v) is 6.63. The van der Waals surface area contributed by atoms with Gasteiger partial charge in [-0.05, 0) is 42.8 Å². The molecule has 1 amide bonds. The molecule has 2 rings (SSSR count). The van der Waals surface area contributed by atoms with Gasteiger partial charge in [0.15, 0.2) is 0 Å². The van der Waals surface area contributed by atoms with Crippen LogP contribution in [0.4, 0.5) is 5.69 Å². The highest BCUT2D eigenvalue weighted by atomic mass is 35.5. The number of anilines is 1. The molecule has 5 heteroatoms. The molecule has 0 bridgehead atoms. The minimum Gasteiger partial charge on any atom is -0.322 e. The van der Waals surface area contributed by atoms with Gasteiger partial charge in [-0.25, -0.2) is 0 Å². The van der Waals surface area contributed by atoms with Gasteiger partial charge in [-0.15, -0.1) is 0 Å². The predicted octanol–water partition coefficient (Wildman–Crippen LogP) is 5.21. The van der Waals surface area contributed by atoms with Crippen LogP contribution in [0.15, 0.2) is 36.4 Å². The molecule has 2 aromatic carbocycles. The van der Waals surface area contributed by atoms with Crippen molar-refractivity contribution in [2.24, 2.45) is 0 Å². The number of halogens is 3. The van der Waals surface area contributed by atoms with Gasteiger partial charge in [0.25, 0.3) is 5.91 Å². The van der Waals surface area contributed by atoms with Gasteiger partial charge in [-0.2, -0.15) is 0 Å². The van der Waals surface area contributed by atoms with E-state index in [0.717, 1.165) is 5.56 Å². The maximum atomic E-state index is 12.0. The van der Waals surface area contributed by atoms with Gasteiger partial charge in [0.2, 0.25) is 0 Å². The molecule has 2 aromatic rings. The molecule has 0 saturated carbocycles. The summed E-state index contributed by atoms with van der Waals surface area (Å²) in [5.41, 5.74) is 1.97. The Morgan fingerprint density at radius 1 is 1.00 bits per heavy atom. The summed E-state index contributed by atoms with van der Waals surface area (Å²) < 4.78 is 0. The first-order chi connectivity index (χ1) is 8.95. The van der Waals surface area contributed by atoms with E-state index in [1.807, 2.05) is 13.0 Å². The number of aryl methyl sites for hydroxylation is 1. The Bertz CT molecular complexity index is 620. The highest BCUT2D eigenvalue weighted by Crippen LogP contribution is 2.22. The monoisotopic (exact) mass is 313 g/mol. The van der Waals surface area contributed by atoms with Crippen LogP contribution < -0.4 is 5.32 Å². The normalized spacial score (nSPS) is 10.3. The predicted molar refractivity (Wildman–Crippen MR) is 80.6 cm³/mol. The Labute approximate surface area is 126 Å². The van der Waals surface area contributed by atoms with E-state index in [1.165, 1.54) is 0 Å². The van der Waals surface area contributed by atoms with Gasteiger partial charge in [0.05, 0.1) is 0 Å². The Morgan fingerprint density at radius 3 is 2.21 bits per heavy atom. The van der Waals surface area contributed by atoms with E-state index >= 15 is 0 Å². The van der Waals surface area contributed by atoms with Crippen molar-refractivity contribution < 1.29 is 4.79 Å². The first-order valence-electron chi connectivity index (χ1n) is 5.49. The standard InChI is InChI=1S/C14H10Cl3NO/c1-8-2-3-12(7-13(8)17)18-14(19)9-4-10(15)6-11(16)5-9/h2-7H,1H3,(H,18,19). The molecular formula is C14H10Cl3NO. The summed E-state index contributed by atoms with van der Waals surface area (Å²) in [6.07, 6.45) is 0. The zero-order valence-electron chi connectivity index (χ0n) is 10.0. The fourth-order valence-electron chi connectivity index (χ4n) is 1.56. The van der Waals surface area contributed by atoms with Crippen LogP contribution in [0.25, 0.3) is 0 Å². The third-order valence-corrected chi connectivity index (χ3v) is 3.40. The van der Waals surface area contributed by atoms with Crippen molar-refractivity contribution in [1.29, 1.82) is 0 Å². The van der Waals surface area contributed by atoms with Crippen molar-refractivity contribution in [2.75, 3.05) is 5.32 Å². The molecule has 2 nitrogen and oxygen atoms in total. The molecule has 0 unspecified atom stereocenters. The summed E-state index contributed by atoms with van der Waals surface area (Å²) >= 11 is 17.7. The summed E-state index contributed by atoms with van der Waals surface area (Å²) in [5, 5.41) is 4.17. The number of carbonyl (C=O) groups is 1. The van der Waals surface area contributed by atoms with Crippen LogP contribution in [-0.4, -0.2) is 5.91 Å². The second kappa shape index (κ2) is 5.83. The maximum Gasteiger partial charge on any atom is 0.255 e. The SMILES string of the molecule is Cc1ccc(NC(=O)c2cc(Cl)cc(Cl)c2)cc1Cl. The van der Waals surface area contributed by atoms with E-state index in [2.05, 4.69) is 5.32 Å². The molecule has 0 heterocycles. The lowest BCUT2D eigenvalue weighted by atomic mass is 10.2. The van der Waals surface area contributed by atoms with Gasteiger partial charge in [0.1, 0.15) is 0 Å². The lowest BCUT2D eigenvalue weighted by molar-refractivity contribution is 0.102. The van der Waals surface area contributed by atoms with Crippen LogP contribution in [-0.2, 0) is 0 Å². The van der Waals surface area contributed by atoms with E-state index < -0.39 is 0 Å². The molecule has 0 atom stereocenters. The zero-order valence-corrected chi connectivity index (χ0v) is 12.3. The number of carbonyl (C=O) groups excluding carboxylic acids is 1. The van der Waals surface area contributed by atoms with Crippen LogP contribution in [0.3, 0.4) is 0 Å². The number of hydrogen-bond acceptors (Lipinski definition) is 1. The minimum absolute atomic E-state index is 0.288. The highest BCUT2D eigenvalue weighted by Gasteiger charge is 2.09. The molecule has 0 fully saturated rings. The van der Waals surface area contributed by atoms with Crippen LogP contribution >= 0.6 is 34.8 Å². The largest absolute Gasteiger partial charge is 0.322 e. The third kappa shape index (κ3) is 3.63. The van der Waals surface area contributed by atoms with Crippen molar-refractivity contribution in [2.45, 2.75) is 6.92 Å². The average molecular weight is 315 g/mol. The van der Waals surface area contributed by atoms with Crippen molar-refractivity contribution in [3.8, 4) is 0 Å². The van der Waals surface area contributed by atoms with Crippen LogP contribution in [0.1, 0.15) is 15.9 Å². The number of hydrogen-bond donors (Lipinski definition) is 1. The third-order valence-electron chi connectivity index (χ3n) is 2.55. The van der Waals surface area contributed by atoms with Gasteiger partial charge in [-0.3, -0.25) is 4.79 Å². The molecule has 0 spiro atoms. The van der Waals surface area contributed by atoms with Gasteiger partial charge < -0.3 is 5.32 Å². The summed E-state index contributed by atoms with van der Waals surface area (Å²) in [5.74, 6) is -0.288. The first kappa shape index (κ1) is 14.2. The molecule has 0 aliphatic carbocycles. The van der Waals surface area contributed by atoms with Crippen molar-refractivity contribution in [3.63, 3.8) is 0 Å². The quantitative estimate of drug-likeness (QED) is 0.810. The fraction of sp³-hybridized carbons (Fsp3) is 0.0714. The Morgan fingerprint density at radius 2 is 1.63 bits per heavy atom. The lowest BCUT2D eigenvalue weighted by Gasteiger charge is -2.07. The summed E-state index contributed by atoms with van der Waals surface area (Å²) in [6.45, 7) is 1.89. The summed E-state index contributed by atoms with van der Waals surface area (Å²) in [4.78, 5) is 12.0. The number of amides is 1. The van der Waals surface area contributed by atoms with Gasteiger partial charge in [0, 0.05) is 26.3 Å². The molecule has 0 saturated heterocycles. The van der Waals surface area contributed by atoms with Crippen LogP contribution in [0.5, 0.6) is 0 Å². The van der Waals surface area contributed by atoms with Gasteiger partial charge in [-0.1, -0.05) is 40.9 Å². The van der Waals surface area contributed by atoms with E-state index in [0.29, 0.717) is 26.3 Å². The van der Waals surface area contributed by atoms with E-state index in [9.17, 15) is 4.79 Å². The van der Waals surface area contributed by atoms with E-state index in [-0.39, 0.29) is 5.91 Å². The number of nitrogens with one attached hydrogen (secondary N) is 1. The zero-order chi connectivity index (χ0) is 14.0. The second-order valence-electron chi connectivity index (χ2n) is 4.08. The van der Waals surface area contributed by atoms with Gasteiger partial charge >= 0.3 is 0 Å². The summed E-state index contributed by atoms with van der Waals surface area (Å²) in [6, 6.07) is 9.99. The molecular weight excluding hydrogens is 305 g/mol. The van der Waals surface area contributed by atoms with Crippen molar-refractivity contribution in [1.82, 2.24) is 0 Å². The number of rotatable bonds is 2. The summed E-state index contributed by atoms with van der Waals surface area (Å²) in [7, 11) is 0. The van der Waals surface area contributed by atoms with E-state index in [4.69, 9.17) is 34.8 Å². The molecule has 0 radical (unpaired) electrons. The molecule has 98 valence electrons. The number of benzene rings is 2. The Kier molecular flexibility index (Phi) is 4.35. The molecule has 0 aromatic heterocycles. The molecule has 0 aliphatic rings. The molecule has 19 heavy (non-hydrogen) atoms. The highest BCUT2D eigenvalue weighted by molar-refractivity contribution is 6.35. The van der Waals surface area contributed by atoms with Crippen molar-refractivity contribution >= 4 is 46.4 Å². The molecule has 1 N–H and O–H groups in total. The maximum absolute atomic E-state index is 12.0. The Balaban J connectivity index is 2.22. The average Bonchev–Trinajstić information content (AvgIpc) is 2.32. The van der Waals surface area contributed by atoms with E-state index in [1.54, 1.807) is 30.3 Å². The smallest absolute Gasteiger partial charge is 0.255 e. The molecule has 0 aliphatic heterocycles. The van der Waals surface area contributed by atoms with Crippen molar-refractivity contribution in [3.05, 3.63) is 62.6 Å². The second-order valence-corrected chi connectivity index (χ2v) is 5.36. The van der Waals surface area contributed by atoms with Crippen LogP contribution in [0, 0.1) is 6.92 Å². The fourth-order valence-corrected chi connectivity index (χ4v) is 2.27. The lowest BCUT2D eigenvalue weighted by Crippen LogP contribution is -2.11. The Hall–Kier alpha value is -1.22. The minimum atomic E-state index is -0.288. The topological polar surface area (TPSA) is 29.1 Å². The van der Waals surface area contributed by atoms with Crippen LogP contribution in [0.2, 0.25) is 15.1 Å².